The van der Waals surface area contributed by atoms with E-state index in [0.29, 0.717) is 39.8 Å². The minimum atomic E-state index is -0.362. The molecule has 0 aliphatic carbocycles. The Balaban J connectivity index is 1.85. The summed E-state index contributed by atoms with van der Waals surface area (Å²) in [6.07, 6.45) is 0. The predicted octanol–water partition coefficient (Wildman–Crippen LogP) is 4.22. The molecular weight excluding hydrogens is 384 g/mol. The van der Waals surface area contributed by atoms with Crippen LogP contribution in [0.1, 0.15) is 20.7 Å². The summed E-state index contributed by atoms with van der Waals surface area (Å²) >= 11 is 0. The monoisotopic (exact) mass is 406 g/mol. The fourth-order valence-electron chi connectivity index (χ4n) is 2.94. The van der Waals surface area contributed by atoms with Gasteiger partial charge in [0.05, 0.1) is 38.1 Å². The molecule has 0 saturated carbocycles. The van der Waals surface area contributed by atoms with Crippen molar-refractivity contribution < 1.29 is 23.8 Å². The Bertz CT molecular complexity index is 1060. The molecule has 0 heterocycles. The first-order valence-electron chi connectivity index (χ1n) is 9.14. The van der Waals surface area contributed by atoms with E-state index in [1.165, 1.54) is 21.3 Å². The van der Waals surface area contributed by atoms with Crippen LogP contribution in [0.15, 0.2) is 66.7 Å². The number of hydrogen-bond acceptors (Lipinski definition) is 5. The van der Waals surface area contributed by atoms with Gasteiger partial charge < -0.3 is 24.8 Å². The number of rotatable bonds is 7. The molecular formula is C23H22N2O5. The smallest absolute Gasteiger partial charge is 0.259 e. The van der Waals surface area contributed by atoms with Crippen LogP contribution in [0.25, 0.3) is 0 Å². The lowest BCUT2D eigenvalue weighted by Crippen LogP contribution is -2.15. The molecule has 0 spiro atoms. The molecule has 3 rings (SSSR count). The standard InChI is InChI=1S/C23H22N2O5/c1-28-19-10-6-4-8-16(19)22(26)24-15-12-13-21(30-3)18(14-15)25-23(27)17-9-5-7-11-20(17)29-2/h4-14H,1-3H3,(H,24,26)(H,25,27). The highest BCUT2D eigenvalue weighted by atomic mass is 16.5. The Labute approximate surface area is 174 Å². The molecule has 0 aromatic heterocycles. The lowest BCUT2D eigenvalue weighted by molar-refractivity contribution is 0.101. The summed E-state index contributed by atoms with van der Waals surface area (Å²) in [5.41, 5.74) is 1.68. The highest BCUT2D eigenvalue weighted by molar-refractivity contribution is 6.08. The van der Waals surface area contributed by atoms with Gasteiger partial charge in [0.15, 0.2) is 0 Å². The van der Waals surface area contributed by atoms with Crippen LogP contribution in [0.5, 0.6) is 17.2 Å². The zero-order chi connectivity index (χ0) is 21.5. The van der Waals surface area contributed by atoms with E-state index in [9.17, 15) is 9.59 Å². The minimum absolute atomic E-state index is 0.334. The first kappa shape index (κ1) is 20.7. The number of ether oxygens (including phenoxy) is 3. The Kier molecular flexibility index (Phi) is 6.54. The number of carbonyl (C=O) groups excluding carboxylic acids is 2. The zero-order valence-corrected chi connectivity index (χ0v) is 16.9. The van der Waals surface area contributed by atoms with Crippen LogP contribution < -0.4 is 24.8 Å². The molecule has 0 unspecified atom stereocenters. The first-order chi connectivity index (χ1) is 14.6. The first-order valence-corrected chi connectivity index (χ1v) is 9.14. The second kappa shape index (κ2) is 9.47. The van der Waals surface area contributed by atoms with Gasteiger partial charge >= 0.3 is 0 Å². The third-order valence-corrected chi connectivity index (χ3v) is 4.41. The van der Waals surface area contributed by atoms with Crippen molar-refractivity contribution in [1.82, 2.24) is 0 Å². The summed E-state index contributed by atoms with van der Waals surface area (Å²) in [7, 11) is 4.51. The highest BCUT2D eigenvalue weighted by Gasteiger charge is 2.16. The molecule has 3 aromatic rings. The molecule has 0 bridgehead atoms. The van der Waals surface area contributed by atoms with Gasteiger partial charge in [-0.05, 0) is 42.5 Å². The Hall–Kier alpha value is -4.00. The summed E-state index contributed by atoms with van der Waals surface area (Å²) in [6, 6.07) is 18.8. The van der Waals surface area contributed by atoms with Crippen molar-refractivity contribution in [2.75, 3.05) is 32.0 Å². The summed E-state index contributed by atoms with van der Waals surface area (Å²) < 4.78 is 15.8. The average Bonchev–Trinajstić information content (AvgIpc) is 2.79. The second-order valence-electron chi connectivity index (χ2n) is 6.22. The molecule has 3 aromatic carbocycles. The molecule has 0 aliphatic heterocycles. The minimum Gasteiger partial charge on any atom is -0.496 e. The number of amides is 2. The van der Waals surface area contributed by atoms with Crippen LogP contribution in [0.4, 0.5) is 11.4 Å². The zero-order valence-electron chi connectivity index (χ0n) is 16.9. The number of anilines is 2. The molecule has 2 N–H and O–H groups in total. The van der Waals surface area contributed by atoms with Crippen molar-refractivity contribution >= 4 is 23.2 Å². The average molecular weight is 406 g/mol. The van der Waals surface area contributed by atoms with E-state index in [1.807, 2.05) is 0 Å². The van der Waals surface area contributed by atoms with E-state index in [0.717, 1.165) is 0 Å². The highest BCUT2D eigenvalue weighted by Crippen LogP contribution is 2.30. The maximum Gasteiger partial charge on any atom is 0.259 e. The Morgan fingerprint density at radius 1 is 0.633 bits per heavy atom. The molecule has 0 saturated heterocycles. The number of methoxy groups -OCH3 is 3. The molecule has 7 heteroatoms. The summed E-state index contributed by atoms with van der Waals surface area (Å²) in [5, 5.41) is 5.62. The SMILES string of the molecule is COc1ccc(NC(=O)c2ccccc2OC)cc1NC(=O)c1ccccc1OC. The van der Waals surface area contributed by atoms with Crippen molar-refractivity contribution in [1.29, 1.82) is 0 Å². The molecule has 30 heavy (non-hydrogen) atoms. The summed E-state index contributed by atoms with van der Waals surface area (Å²) in [5.74, 6) is 0.676. The number of carbonyl (C=O) groups is 2. The van der Waals surface area contributed by atoms with E-state index in [2.05, 4.69) is 10.6 Å². The van der Waals surface area contributed by atoms with Crippen molar-refractivity contribution in [3.63, 3.8) is 0 Å². The number of benzene rings is 3. The lowest BCUT2D eigenvalue weighted by Gasteiger charge is -2.14. The number of nitrogens with one attached hydrogen (secondary N) is 2. The van der Waals surface area contributed by atoms with E-state index in [4.69, 9.17) is 14.2 Å². The van der Waals surface area contributed by atoms with Crippen molar-refractivity contribution in [3.05, 3.63) is 77.9 Å². The lowest BCUT2D eigenvalue weighted by atomic mass is 10.1. The molecule has 0 aliphatic rings. The molecule has 0 fully saturated rings. The van der Waals surface area contributed by atoms with Crippen LogP contribution in [0.3, 0.4) is 0 Å². The van der Waals surface area contributed by atoms with E-state index in [1.54, 1.807) is 66.7 Å². The van der Waals surface area contributed by atoms with Crippen LogP contribution in [0.2, 0.25) is 0 Å². The van der Waals surface area contributed by atoms with E-state index >= 15 is 0 Å². The Morgan fingerprint density at radius 3 is 1.67 bits per heavy atom. The van der Waals surface area contributed by atoms with Gasteiger partial charge in [-0.15, -0.1) is 0 Å². The van der Waals surface area contributed by atoms with Gasteiger partial charge in [0, 0.05) is 5.69 Å². The van der Waals surface area contributed by atoms with Crippen LogP contribution in [-0.4, -0.2) is 33.1 Å². The van der Waals surface area contributed by atoms with Crippen LogP contribution >= 0.6 is 0 Å². The van der Waals surface area contributed by atoms with Gasteiger partial charge in [-0.3, -0.25) is 9.59 Å². The van der Waals surface area contributed by atoms with Gasteiger partial charge in [0.25, 0.3) is 11.8 Å². The fraction of sp³-hybridized carbons (Fsp3) is 0.130. The maximum atomic E-state index is 12.7. The van der Waals surface area contributed by atoms with Crippen LogP contribution in [-0.2, 0) is 0 Å². The second-order valence-corrected chi connectivity index (χ2v) is 6.22. The van der Waals surface area contributed by atoms with E-state index < -0.39 is 0 Å². The van der Waals surface area contributed by atoms with Crippen molar-refractivity contribution in [2.45, 2.75) is 0 Å². The maximum absolute atomic E-state index is 12.7. The molecule has 7 nitrogen and oxygen atoms in total. The topological polar surface area (TPSA) is 85.9 Å². The molecule has 2 amide bonds. The van der Waals surface area contributed by atoms with Gasteiger partial charge in [-0.25, -0.2) is 0 Å². The largest absolute Gasteiger partial charge is 0.496 e. The summed E-state index contributed by atoms with van der Waals surface area (Å²) in [4.78, 5) is 25.4. The number of para-hydroxylation sites is 2. The van der Waals surface area contributed by atoms with Gasteiger partial charge in [-0.2, -0.15) is 0 Å². The van der Waals surface area contributed by atoms with Gasteiger partial charge in [0.2, 0.25) is 0 Å². The van der Waals surface area contributed by atoms with Crippen LogP contribution in [0, 0.1) is 0 Å². The van der Waals surface area contributed by atoms with Crippen molar-refractivity contribution in [2.24, 2.45) is 0 Å². The third-order valence-electron chi connectivity index (χ3n) is 4.41. The van der Waals surface area contributed by atoms with Gasteiger partial charge in [-0.1, -0.05) is 24.3 Å². The molecule has 0 atom stereocenters. The van der Waals surface area contributed by atoms with Crippen molar-refractivity contribution in [3.8, 4) is 17.2 Å². The molecule has 154 valence electrons. The summed E-state index contributed by atoms with van der Waals surface area (Å²) in [6.45, 7) is 0. The van der Waals surface area contributed by atoms with E-state index in [-0.39, 0.29) is 11.8 Å². The third kappa shape index (κ3) is 4.52. The number of hydrogen-bond donors (Lipinski definition) is 2. The van der Waals surface area contributed by atoms with Gasteiger partial charge in [0.1, 0.15) is 17.2 Å². The molecule has 0 radical (unpaired) electrons. The fourth-order valence-corrected chi connectivity index (χ4v) is 2.94. The predicted molar refractivity (Wildman–Crippen MR) is 115 cm³/mol. The normalized spacial score (nSPS) is 10.1. The Morgan fingerprint density at radius 2 is 1.13 bits per heavy atom. The quantitative estimate of drug-likeness (QED) is 0.614.